The molecule has 0 heterocycles. The summed E-state index contributed by atoms with van der Waals surface area (Å²) in [6.07, 6.45) is 1.85. The third-order valence-electron chi connectivity index (χ3n) is 2.63. The smallest absolute Gasteiger partial charge is 0.330 e. The molecule has 0 unspecified atom stereocenters. The van der Waals surface area contributed by atoms with E-state index in [1.165, 1.54) is 24.3 Å². The van der Waals surface area contributed by atoms with E-state index in [0.29, 0.717) is 0 Å². The Kier molecular flexibility index (Phi) is 8.88. The fourth-order valence-corrected chi connectivity index (χ4v) is 1.65. The second-order valence-corrected chi connectivity index (χ2v) is 5.02. The standard InChI is InChI=1S/C15H16N4O7S/c1-2-25-14(22)8-7-12(20)16-15(27)18-17-13(21)9-26-11-5-3-10(4-6-11)19(23)24/h3-8H,2,9H2,1H3,(H,17,21)(H2,16,18,20,27)/b8-7+. The average Bonchev–Trinajstić information content (AvgIpc) is 2.63. The molecule has 0 radical (unpaired) electrons. The Balaban J connectivity index is 2.30. The van der Waals surface area contributed by atoms with Gasteiger partial charge in [0.2, 0.25) is 5.91 Å². The summed E-state index contributed by atoms with van der Waals surface area (Å²) in [5.74, 6) is -1.73. The van der Waals surface area contributed by atoms with Gasteiger partial charge in [-0.1, -0.05) is 0 Å². The summed E-state index contributed by atoms with van der Waals surface area (Å²) in [4.78, 5) is 44.1. The van der Waals surface area contributed by atoms with Crippen LogP contribution in [0.1, 0.15) is 6.92 Å². The molecule has 1 aromatic carbocycles. The van der Waals surface area contributed by atoms with E-state index < -0.39 is 29.3 Å². The quantitative estimate of drug-likeness (QED) is 0.192. The zero-order valence-electron chi connectivity index (χ0n) is 14.1. The molecule has 3 N–H and O–H groups in total. The molecule has 2 amide bonds. The summed E-state index contributed by atoms with van der Waals surface area (Å²) >= 11 is 4.78. The van der Waals surface area contributed by atoms with Gasteiger partial charge in [0.05, 0.1) is 11.5 Å². The number of amides is 2. The van der Waals surface area contributed by atoms with Gasteiger partial charge < -0.3 is 9.47 Å². The number of benzene rings is 1. The Morgan fingerprint density at radius 2 is 1.85 bits per heavy atom. The third-order valence-corrected chi connectivity index (χ3v) is 2.83. The molecular formula is C15H16N4O7S. The highest BCUT2D eigenvalue weighted by molar-refractivity contribution is 7.80. The number of rotatable bonds is 7. The third kappa shape index (κ3) is 8.92. The van der Waals surface area contributed by atoms with Crippen molar-refractivity contribution in [3.8, 4) is 5.75 Å². The van der Waals surface area contributed by atoms with E-state index in [1.54, 1.807) is 6.92 Å². The second kappa shape index (κ2) is 11.1. The van der Waals surface area contributed by atoms with E-state index in [9.17, 15) is 24.5 Å². The molecule has 0 spiro atoms. The number of hydrogen-bond acceptors (Lipinski definition) is 8. The van der Waals surface area contributed by atoms with Crippen molar-refractivity contribution in [2.75, 3.05) is 13.2 Å². The predicted octanol–water partition coefficient (Wildman–Crippen LogP) is 0.115. The first-order chi connectivity index (χ1) is 12.8. The molecule has 0 aliphatic rings. The molecule has 0 fully saturated rings. The number of nitrogens with one attached hydrogen (secondary N) is 3. The largest absolute Gasteiger partial charge is 0.484 e. The lowest BCUT2D eigenvalue weighted by molar-refractivity contribution is -0.384. The predicted molar refractivity (Wildman–Crippen MR) is 96.4 cm³/mol. The number of carbonyl (C=O) groups excluding carboxylic acids is 3. The van der Waals surface area contributed by atoms with Crippen molar-refractivity contribution in [3.63, 3.8) is 0 Å². The zero-order chi connectivity index (χ0) is 20.2. The van der Waals surface area contributed by atoms with Crippen LogP contribution >= 0.6 is 12.2 Å². The van der Waals surface area contributed by atoms with E-state index in [4.69, 9.17) is 17.0 Å². The van der Waals surface area contributed by atoms with Gasteiger partial charge in [0.25, 0.3) is 11.6 Å². The highest BCUT2D eigenvalue weighted by Gasteiger charge is 2.07. The first-order valence-electron chi connectivity index (χ1n) is 7.43. The van der Waals surface area contributed by atoms with Gasteiger partial charge in [-0.25, -0.2) is 4.79 Å². The minimum atomic E-state index is -0.697. The number of carbonyl (C=O) groups is 3. The van der Waals surface area contributed by atoms with Crippen LogP contribution in [0, 0.1) is 10.1 Å². The normalized spacial score (nSPS) is 9.96. The monoisotopic (exact) mass is 396 g/mol. The number of ether oxygens (including phenoxy) is 2. The van der Waals surface area contributed by atoms with E-state index in [2.05, 4.69) is 20.9 Å². The van der Waals surface area contributed by atoms with Crippen LogP contribution in [0.5, 0.6) is 5.75 Å². The molecule has 0 aliphatic carbocycles. The van der Waals surface area contributed by atoms with Crippen molar-refractivity contribution in [1.29, 1.82) is 0 Å². The SMILES string of the molecule is CCOC(=O)/C=C/C(=O)NC(=S)NNC(=O)COc1ccc([N+](=O)[O-])cc1. The fourth-order valence-electron chi connectivity index (χ4n) is 1.49. The average molecular weight is 396 g/mol. The zero-order valence-corrected chi connectivity index (χ0v) is 14.9. The highest BCUT2D eigenvalue weighted by atomic mass is 32.1. The van der Waals surface area contributed by atoms with Crippen LogP contribution in [-0.2, 0) is 19.1 Å². The summed E-state index contributed by atoms with van der Waals surface area (Å²) in [6, 6.07) is 5.17. The molecule has 0 aromatic heterocycles. The topological polar surface area (TPSA) is 149 Å². The van der Waals surface area contributed by atoms with Crippen molar-refractivity contribution in [2.24, 2.45) is 0 Å². The lowest BCUT2D eigenvalue weighted by Crippen LogP contribution is -2.49. The van der Waals surface area contributed by atoms with E-state index in [0.717, 1.165) is 12.2 Å². The minimum Gasteiger partial charge on any atom is -0.484 e. The highest BCUT2D eigenvalue weighted by Crippen LogP contribution is 2.16. The maximum absolute atomic E-state index is 11.6. The molecule has 12 heteroatoms. The lowest BCUT2D eigenvalue weighted by atomic mass is 10.3. The summed E-state index contributed by atoms with van der Waals surface area (Å²) in [5, 5.41) is 12.5. The number of hydrogen-bond donors (Lipinski definition) is 3. The van der Waals surface area contributed by atoms with Crippen LogP contribution in [0.15, 0.2) is 36.4 Å². The van der Waals surface area contributed by atoms with Crippen molar-refractivity contribution in [1.82, 2.24) is 16.2 Å². The summed E-state index contributed by atoms with van der Waals surface area (Å²) in [5.41, 5.74) is 4.34. The number of nitrogens with zero attached hydrogens (tertiary/aromatic N) is 1. The molecule has 1 rings (SSSR count). The number of nitro groups is 1. The molecular weight excluding hydrogens is 380 g/mol. The summed E-state index contributed by atoms with van der Waals surface area (Å²) < 4.78 is 9.74. The first kappa shape index (κ1) is 21.5. The second-order valence-electron chi connectivity index (χ2n) is 4.62. The molecule has 27 heavy (non-hydrogen) atoms. The van der Waals surface area contributed by atoms with E-state index in [-0.39, 0.29) is 23.2 Å². The molecule has 0 bridgehead atoms. The molecule has 0 saturated heterocycles. The maximum Gasteiger partial charge on any atom is 0.330 e. The van der Waals surface area contributed by atoms with Crippen molar-refractivity contribution in [3.05, 3.63) is 46.5 Å². The van der Waals surface area contributed by atoms with E-state index in [1.807, 2.05) is 0 Å². The van der Waals surface area contributed by atoms with Crippen LogP contribution < -0.4 is 20.9 Å². The number of hydrazine groups is 1. The van der Waals surface area contributed by atoms with Crippen LogP contribution in [0.3, 0.4) is 0 Å². The van der Waals surface area contributed by atoms with Crippen LogP contribution in [0.2, 0.25) is 0 Å². The molecule has 1 aromatic rings. The Morgan fingerprint density at radius 3 is 2.44 bits per heavy atom. The Bertz CT molecular complexity index is 749. The van der Waals surface area contributed by atoms with E-state index >= 15 is 0 Å². The Labute approximate surface area is 158 Å². The van der Waals surface area contributed by atoms with Gasteiger partial charge >= 0.3 is 5.97 Å². The summed E-state index contributed by atoms with van der Waals surface area (Å²) in [7, 11) is 0. The van der Waals surface area contributed by atoms with Crippen LogP contribution in [-0.4, -0.2) is 41.0 Å². The van der Waals surface area contributed by atoms with Gasteiger partial charge in [-0.2, -0.15) is 0 Å². The van der Waals surface area contributed by atoms with Gasteiger partial charge in [-0.15, -0.1) is 0 Å². The van der Waals surface area contributed by atoms with Gasteiger partial charge in [-0.3, -0.25) is 35.9 Å². The van der Waals surface area contributed by atoms with Gasteiger partial charge in [0, 0.05) is 24.3 Å². The Hall–Kier alpha value is -3.54. The van der Waals surface area contributed by atoms with Crippen molar-refractivity contribution < 1.29 is 28.8 Å². The van der Waals surface area contributed by atoms with Crippen LogP contribution in [0.4, 0.5) is 5.69 Å². The molecule has 144 valence electrons. The maximum atomic E-state index is 11.6. The first-order valence-corrected chi connectivity index (χ1v) is 7.84. The lowest BCUT2D eigenvalue weighted by Gasteiger charge is -2.10. The number of nitro benzene ring substituents is 1. The van der Waals surface area contributed by atoms with Crippen molar-refractivity contribution in [2.45, 2.75) is 6.92 Å². The van der Waals surface area contributed by atoms with Gasteiger partial charge in [0.15, 0.2) is 11.7 Å². The summed E-state index contributed by atoms with van der Waals surface area (Å²) in [6.45, 7) is 1.40. The fraction of sp³-hybridized carbons (Fsp3) is 0.200. The molecule has 0 saturated carbocycles. The number of esters is 1. The van der Waals surface area contributed by atoms with Crippen LogP contribution in [0.25, 0.3) is 0 Å². The molecule has 0 aliphatic heterocycles. The molecule has 0 atom stereocenters. The Morgan fingerprint density at radius 1 is 1.19 bits per heavy atom. The minimum absolute atomic E-state index is 0.105. The van der Waals surface area contributed by atoms with Gasteiger partial charge in [0.1, 0.15) is 5.75 Å². The number of non-ortho nitro benzene ring substituents is 1. The number of thiocarbonyl (C=S) groups is 1. The van der Waals surface area contributed by atoms with Gasteiger partial charge in [-0.05, 0) is 31.3 Å². The molecule has 11 nitrogen and oxygen atoms in total. The van der Waals surface area contributed by atoms with Crippen molar-refractivity contribution >= 4 is 40.8 Å².